The zero-order valence-electron chi connectivity index (χ0n) is 14.3. The zero-order chi connectivity index (χ0) is 17.0. The van der Waals surface area contributed by atoms with Crippen molar-refractivity contribution in [3.63, 3.8) is 0 Å². The molecule has 0 spiro atoms. The Morgan fingerprint density at radius 3 is 2.61 bits per heavy atom. The quantitative estimate of drug-likeness (QED) is 0.805. The molecule has 122 valence electrons. The van der Waals surface area contributed by atoms with Gasteiger partial charge in [-0.05, 0) is 74.9 Å². The minimum atomic E-state index is -0.562. The number of hydrogen-bond acceptors (Lipinski definition) is 3. The molecule has 0 saturated carbocycles. The number of anilines is 1. The lowest BCUT2D eigenvalue weighted by molar-refractivity contribution is -0.122. The molecule has 2 aromatic carbocycles. The van der Waals surface area contributed by atoms with Crippen LogP contribution in [0.15, 0.2) is 41.3 Å². The molecule has 0 aliphatic carbocycles. The SMILES string of the molecule is CSc1cccc(NC(=O)[C@H](C)Oc2cc(C)cc(C)c2C)c1. The molecule has 0 fully saturated rings. The fourth-order valence-electron chi connectivity index (χ4n) is 2.31. The average molecular weight is 329 g/mol. The number of rotatable bonds is 5. The van der Waals surface area contributed by atoms with Gasteiger partial charge in [-0.2, -0.15) is 0 Å². The summed E-state index contributed by atoms with van der Waals surface area (Å²) in [5.41, 5.74) is 4.15. The standard InChI is InChI=1S/C19H23NO2S/c1-12-9-13(2)14(3)18(10-12)22-15(4)19(21)20-16-7-6-8-17(11-16)23-5/h6-11,15H,1-5H3,(H,20,21)/t15-/m0/s1. The molecular weight excluding hydrogens is 306 g/mol. The minimum absolute atomic E-state index is 0.151. The second-order valence-corrected chi connectivity index (χ2v) is 6.57. The normalized spacial score (nSPS) is 11.9. The lowest BCUT2D eigenvalue weighted by atomic mass is 10.1. The fraction of sp³-hybridized carbons (Fsp3) is 0.316. The van der Waals surface area contributed by atoms with E-state index in [0.717, 1.165) is 27.5 Å². The van der Waals surface area contributed by atoms with Crippen LogP contribution >= 0.6 is 11.8 Å². The number of ether oxygens (including phenoxy) is 1. The van der Waals surface area contributed by atoms with Crippen molar-refractivity contribution in [3.05, 3.63) is 53.1 Å². The summed E-state index contributed by atoms with van der Waals surface area (Å²) in [6, 6.07) is 11.9. The van der Waals surface area contributed by atoms with E-state index in [0.29, 0.717) is 0 Å². The molecule has 1 N–H and O–H groups in total. The number of hydrogen-bond donors (Lipinski definition) is 1. The summed E-state index contributed by atoms with van der Waals surface area (Å²) in [6.45, 7) is 7.85. The fourth-order valence-corrected chi connectivity index (χ4v) is 2.77. The van der Waals surface area contributed by atoms with E-state index in [2.05, 4.69) is 11.4 Å². The Bertz CT molecular complexity index is 713. The van der Waals surface area contributed by atoms with Crippen LogP contribution in [0.25, 0.3) is 0 Å². The van der Waals surface area contributed by atoms with Gasteiger partial charge in [0, 0.05) is 10.6 Å². The zero-order valence-corrected chi connectivity index (χ0v) is 15.1. The highest BCUT2D eigenvalue weighted by Crippen LogP contribution is 2.25. The number of nitrogens with one attached hydrogen (secondary N) is 1. The summed E-state index contributed by atoms with van der Waals surface area (Å²) in [4.78, 5) is 13.5. The number of benzene rings is 2. The Hall–Kier alpha value is -1.94. The van der Waals surface area contributed by atoms with E-state index in [1.54, 1.807) is 18.7 Å². The van der Waals surface area contributed by atoms with Crippen molar-refractivity contribution in [2.45, 2.75) is 38.7 Å². The van der Waals surface area contributed by atoms with Gasteiger partial charge in [-0.3, -0.25) is 4.79 Å². The molecule has 0 aliphatic rings. The molecule has 0 aliphatic heterocycles. The number of thioether (sulfide) groups is 1. The summed E-state index contributed by atoms with van der Waals surface area (Å²) in [5.74, 6) is 0.616. The predicted octanol–water partition coefficient (Wildman–Crippen LogP) is 4.74. The molecule has 0 unspecified atom stereocenters. The lowest BCUT2D eigenvalue weighted by Gasteiger charge is -2.18. The van der Waals surface area contributed by atoms with Gasteiger partial charge >= 0.3 is 0 Å². The highest BCUT2D eigenvalue weighted by atomic mass is 32.2. The maximum Gasteiger partial charge on any atom is 0.265 e. The van der Waals surface area contributed by atoms with E-state index in [1.807, 2.05) is 57.4 Å². The van der Waals surface area contributed by atoms with Crippen LogP contribution in [0, 0.1) is 20.8 Å². The van der Waals surface area contributed by atoms with Crippen molar-refractivity contribution >= 4 is 23.4 Å². The van der Waals surface area contributed by atoms with Crippen LogP contribution in [-0.4, -0.2) is 18.3 Å². The van der Waals surface area contributed by atoms with Crippen molar-refractivity contribution in [3.8, 4) is 5.75 Å². The predicted molar refractivity (Wildman–Crippen MR) is 97.6 cm³/mol. The van der Waals surface area contributed by atoms with E-state index in [9.17, 15) is 4.79 Å². The van der Waals surface area contributed by atoms with Crippen LogP contribution in [0.2, 0.25) is 0 Å². The number of carbonyl (C=O) groups is 1. The number of carbonyl (C=O) groups excluding carboxylic acids is 1. The minimum Gasteiger partial charge on any atom is -0.481 e. The van der Waals surface area contributed by atoms with Gasteiger partial charge in [-0.15, -0.1) is 11.8 Å². The van der Waals surface area contributed by atoms with Crippen LogP contribution < -0.4 is 10.1 Å². The summed E-state index contributed by atoms with van der Waals surface area (Å²) >= 11 is 1.64. The molecule has 3 nitrogen and oxygen atoms in total. The van der Waals surface area contributed by atoms with Crippen molar-refractivity contribution in [1.29, 1.82) is 0 Å². The Labute approximate surface area is 142 Å². The molecule has 0 aromatic heterocycles. The molecule has 2 aromatic rings. The third-order valence-electron chi connectivity index (χ3n) is 3.77. The molecule has 23 heavy (non-hydrogen) atoms. The molecule has 1 atom stereocenters. The largest absolute Gasteiger partial charge is 0.481 e. The second-order valence-electron chi connectivity index (χ2n) is 5.69. The molecule has 0 bridgehead atoms. The number of amides is 1. The topological polar surface area (TPSA) is 38.3 Å². The first-order valence-electron chi connectivity index (χ1n) is 7.60. The van der Waals surface area contributed by atoms with Crippen LogP contribution in [-0.2, 0) is 4.79 Å². The van der Waals surface area contributed by atoms with Gasteiger partial charge in [-0.1, -0.05) is 12.1 Å². The van der Waals surface area contributed by atoms with Gasteiger partial charge in [0.1, 0.15) is 5.75 Å². The highest BCUT2D eigenvalue weighted by molar-refractivity contribution is 7.98. The third-order valence-corrected chi connectivity index (χ3v) is 4.50. The van der Waals surface area contributed by atoms with E-state index in [1.165, 1.54) is 5.56 Å². The van der Waals surface area contributed by atoms with E-state index < -0.39 is 6.10 Å². The van der Waals surface area contributed by atoms with Crippen molar-refractivity contribution < 1.29 is 9.53 Å². The first-order chi connectivity index (χ1) is 10.9. The Morgan fingerprint density at radius 2 is 1.91 bits per heavy atom. The lowest BCUT2D eigenvalue weighted by Crippen LogP contribution is -2.30. The van der Waals surface area contributed by atoms with Gasteiger partial charge < -0.3 is 10.1 Å². The molecule has 0 heterocycles. The first-order valence-corrected chi connectivity index (χ1v) is 8.82. The van der Waals surface area contributed by atoms with Crippen LogP contribution in [0.1, 0.15) is 23.6 Å². The summed E-state index contributed by atoms with van der Waals surface area (Å²) in [6.07, 6.45) is 1.45. The van der Waals surface area contributed by atoms with Crippen molar-refractivity contribution in [1.82, 2.24) is 0 Å². The molecule has 1 amide bonds. The molecule has 2 rings (SSSR count). The summed E-state index contributed by atoms with van der Waals surface area (Å²) in [7, 11) is 0. The van der Waals surface area contributed by atoms with Gasteiger partial charge in [-0.25, -0.2) is 0 Å². The van der Waals surface area contributed by atoms with Crippen LogP contribution in [0.4, 0.5) is 5.69 Å². The maximum absolute atomic E-state index is 12.4. The van der Waals surface area contributed by atoms with Crippen LogP contribution in [0.3, 0.4) is 0 Å². The summed E-state index contributed by atoms with van der Waals surface area (Å²) in [5, 5.41) is 2.91. The second kappa shape index (κ2) is 7.55. The van der Waals surface area contributed by atoms with E-state index >= 15 is 0 Å². The molecule has 4 heteroatoms. The van der Waals surface area contributed by atoms with Crippen molar-refractivity contribution in [2.75, 3.05) is 11.6 Å². The maximum atomic E-state index is 12.4. The monoisotopic (exact) mass is 329 g/mol. The smallest absolute Gasteiger partial charge is 0.265 e. The first kappa shape index (κ1) is 17.4. The van der Waals surface area contributed by atoms with Gasteiger partial charge in [0.05, 0.1) is 0 Å². The van der Waals surface area contributed by atoms with Crippen LogP contribution in [0.5, 0.6) is 5.75 Å². The van der Waals surface area contributed by atoms with E-state index in [4.69, 9.17) is 4.74 Å². The Morgan fingerprint density at radius 1 is 1.17 bits per heavy atom. The Balaban J connectivity index is 2.08. The average Bonchev–Trinajstić information content (AvgIpc) is 2.52. The molecular formula is C19H23NO2S. The highest BCUT2D eigenvalue weighted by Gasteiger charge is 2.16. The summed E-state index contributed by atoms with van der Waals surface area (Å²) < 4.78 is 5.88. The third kappa shape index (κ3) is 4.52. The molecule has 0 saturated heterocycles. The Kier molecular flexibility index (Phi) is 5.72. The number of aryl methyl sites for hydroxylation is 2. The van der Waals surface area contributed by atoms with Gasteiger partial charge in [0.15, 0.2) is 6.10 Å². The van der Waals surface area contributed by atoms with Gasteiger partial charge in [0.25, 0.3) is 5.91 Å². The molecule has 0 radical (unpaired) electrons. The van der Waals surface area contributed by atoms with Gasteiger partial charge in [0.2, 0.25) is 0 Å². The van der Waals surface area contributed by atoms with Crippen molar-refractivity contribution in [2.24, 2.45) is 0 Å². The van der Waals surface area contributed by atoms with E-state index in [-0.39, 0.29) is 5.91 Å².